The predicted molar refractivity (Wildman–Crippen MR) is 63.5 cm³/mol. The van der Waals surface area contributed by atoms with E-state index < -0.39 is 5.97 Å². The molecule has 0 radical (unpaired) electrons. The number of halogens is 1. The average molecular weight is 235 g/mol. The SMILES string of the molecule is CCn1c(CCC(=O)O)cc2cc(F)ccc21. The number of carbonyl (C=O) groups is 1. The number of hydrogen-bond donors (Lipinski definition) is 1. The highest BCUT2D eigenvalue weighted by Crippen LogP contribution is 2.22. The minimum absolute atomic E-state index is 0.0960. The molecule has 0 saturated heterocycles. The van der Waals surface area contributed by atoms with E-state index in [0.717, 1.165) is 23.1 Å². The molecule has 2 aromatic rings. The third kappa shape index (κ3) is 2.30. The number of aliphatic carboxylic acids is 1. The normalized spacial score (nSPS) is 10.9. The molecular weight excluding hydrogens is 221 g/mol. The summed E-state index contributed by atoms with van der Waals surface area (Å²) in [6.07, 6.45) is 0.568. The van der Waals surface area contributed by atoms with Gasteiger partial charge >= 0.3 is 5.97 Å². The Morgan fingerprint density at radius 3 is 2.82 bits per heavy atom. The molecule has 3 nitrogen and oxygen atoms in total. The number of aromatic nitrogens is 1. The Morgan fingerprint density at radius 1 is 1.41 bits per heavy atom. The van der Waals surface area contributed by atoms with Crippen LogP contribution in [0.15, 0.2) is 24.3 Å². The van der Waals surface area contributed by atoms with Crippen LogP contribution in [0.2, 0.25) is 0 Å². The molecule has 0 bridgehead atoms. The van der Waals surface area contributed by atoms with Crippen LogP contribution < -0.4 is 0 Å². The van der Waals surface area contributed by atoms with Crippen molar-refractivity contribution >= 4 is 16.9 Å². The van der Waals surface area contributed by atoms with Gasteiger partial charge in [-0.05, 0) is 37.6 Å². The zero-order valence-electron chi connectivity index (χ0n) is 9.61. The first-order valence-corrected chi connectivity index (χ1v) is 5.61. The summed E-state index contributed by atoms with van der Waals surface area (Å²) in [4.78, 5) is 10.6. The Balaban J connectivity index is 2.44. The van der Waals surface area contributed by atoms with Crippen molar-refractivity contribution in [2.24, 2.45) is 0 Å². The first-order chi connectivity index (χ1) is 8.11. The molecule has 2 rings (SSSR count). The highest BCUT2D eigenvalue weighted by molar-refractivity contribution is 5.81. The lowest BCUT2D eigenvalue weighted by atomic mass is 10.2. The largest absolute Gasteiger partial charge is 0.481 e. The van der Waals surface area contributed by atoms with Gasteiger partial charge in [-0.1, -0.05) is 0 Å². The van der Waals surface area contributed by atoms with Crippen molar-refractivity contribution in [3.05, 3.63) is 35.8 Å². The quantitative estimate of drug-likeness (QED) is 0.885. The molecule has 0 spiro atoms. The third-order valence-electron chi connectivity index (χ3n) is 2.86. The lowest BCUT2D eigenvalue weighted by Gasteiger charge is -2.06. The van der Waals surface area contributed by atoms with Crippen LogP contribution in [-0.4, -0.2) is 15.6 Å². The number of hydrogen-bond acceptors (Lipinski definition) is 1. The van der Waals surface area contributed by atoms with E-state index in [9.17, 15) is 9.18 Å². The van der Waals surface area contributed by atoms with E-state index in [-0.39, 0.29) is 12.2 Å². The molecule has 0 atom stereocenters. The van der Waals surface area contributed by atoms with Crippen molar-refractivity contribution in [1.29, 1.82) is 0 Å². The van der Waals surface area contributed by atoms with Gasteiger partial charge in [-0.15, -0.1) is 0 Å². The van der Waals surface area contributed by atoms with Gasteiger partial charge in [0.25, 0.3) is 0 Å². The fourth-order valence-corrected chi connectivity index (χ4v) is 2.11. The Hall–Kier alpha value is -1.84. The number of carboxylic acids is 1. The molecule has 0 fully saturated rings. The van der Waals surface area contributed by atoms with Gasteiger partial charge in [-0.3, -0.25) is 4.79 Å². The highest BCUT2D eigenvalue weighted by Gasteiger charge is 2.09. The highest BCUT2D eigenvalue weighted by atomic mass is 19.1. The summed E-state index contributed by atoms with van der Waals surface area (Å²) in [6, 6.07) is 6.50. The van der Waals surface area contributed by atoms with Gasteiger partial charge in [0.05, 0.1) is 6.42 Å². The van der Waals surface area contributed by atoms with Crippen molar-refractivity contribution in [1.82, 2.24) is 4.57 Å². The number of benzene rings is 1. The molecule has 1 aromatic carbocycles. The summed E-state index contributed by atoms with van der Waals surface area (Å²) < 4.78 is 15.1. The number of aryl methyl sites for hydroxylation is 2. The third-order valence-corrected chi connectivity index (χ3v) is 2.86. The molecule has 0 aliphatic carbocycles. The first-order valence-electron chi connectivity index (χ1n) is 5.61. The van der Waals surface area contributed by atoms with Gasteiger partial charge in [-0.25, -0.2) is 4.39 Å². The van der Waals surface area contributed by atoms with Crippen LogP contribution in [-0.2, 0) is 17.8 Å². The molecule has 90 valence electrons. The second-order valence-electron chi connectivity index (χ2n) is 3.98. The van der Waals surface area contributed by atoms with E-state index >= 15 is 0 Å². The molecule has 0 aliphatic heterocycles. The van der Waals surface area contributed by atoms with E-state index in [0.29, 0.717) is 6.42 Å². The lowest BCUT2D eigenvalue weighted by molar-refractivity contribution is -0.136. The summed E-state index contributed by atoms with van der Waals surface area (Å²) in [5.74, 6) is -1.08. The maximum absolute atomic E-state index is 13.1. The van der Waals surface area contributed by atoms with Gasteiger partial charge in [0, 0.05) is 23.1 Å². The molecule has 0 saturated carbocycles. The predicted octanol–water partition coefficient (Wildman–Crippen LogP) is 2.82. The summed E-state index contributed by atoms with van der Waals surface area (Å²) in [7, 11) is 0. The van der Waals surface area contributed by atoms with E-state index in [4.69, 9.17) is 5.11 Å². The van der Waals surface area contributed by atoms with Gasteiger partial charge in [0.2, 0.25) is 0 Å². The smallest absolute Gasteiger partial charge is 0.303 e. The molecule has 0 amide bonds. The first kappa shape index (κ1) is 11.6. The van der Waals surface area contributed by atoms with E-state index in [1.54, 1.807) is 6.07 Å². The monoisotopic (exact) mass is 235 g/mol. The number of nitrogens with zero attached hydrogens (tertiary/aromatic N) is 1. The van der Waals surface area contributed by atoms with Crippen LogP contribution in [0, 0.1) is 5.82 Å². The summed E-state index contributed by atoms with van der Waals surface area (Å²) in [5, 5.41) is 9.51. The van der Waals surface area contributed by atoms with Crippen molar-refractivity contribution in [3.8, 4) is 0 Å². The minimum Gasteiger partial charge on any atom is -0.481 e. The topological polar surface area (TPSA) is 42.2 Å². The summed E-state index contributed by atoms with van der Waals surface area (Å²) in [5.41, 5.74) is 1.89. The van der Waals surface area contributed by atoms with Crippen molar-refractivity contribution < 1.29 is 14.3 Å². The van der Waals surface area contributed by atoms with Gasteiger partial charge in [-0.2, -0.15) is 0 Å². The van der Waals surface area contributed by atoms with Crippen LogP contribution in [0.5, 0.6) is 0 Å². The van der Waals surface area contributed by atoms with E-state index in [2.05, 4.69) is 0 Å². The second kappa shape index (κ2) is 4.57. The van der Waals surface area contributed by atoms with Crippen LogP contribution in [0.25, 0.3) is 10.9 Å². The fourth-order valence-electron chi connectivity index (χ4n) is 2.11. The Morgan fingerprint density at radius 2 is 2.18 bits per heavy atom. The number of rotatable bonds is 4. The number of fused-ring (bicyclic) bond motifs is 1. The molecule has 1 N–H and O–H groups in total. The Labute approximate surface area is 98.5 Å². The number of carboxylic acid groups (broad SMARTS) is 1. The molecular formula is C13H14FNO2. The van der Waals surface area contributed by atoms with Crippen molar-refractivity contribution in [2.75, 3.05) is 0 Å². The van der Waals surface area contributed by atoms with Crippen LogP contribution in [0.3, 0.4) is 0 Å². The molecule has 0 aliphatic rings. The zero-order valence-corrected chi connectivity index (χ0v) is 9.61. The van der Waals surface area contributed by atoms with Gasteiger partial charge < -0.3 is 9.67 Å². The van der Waals surface area contributed by atoms with E-state index in [1.807, 2.05) is 17.6 Å². The molecule has 4 heteroatoms. The average Bonchev–Trinajstić information content (AvgIpc) is 2.62. The minimum atomic E-state index is -0.816. The van der Waals surface area contributed by atoms with Gasteiger partial charge in [0.15, 0.2) is 0 Å². The molecule has 1 heterocycles. The Bertz CT molecular complexity index is 560. The van der Waals surface area contributed by atoms with Gasteiger partial charge in [0.1, 0.15) is 5.82 Å². The maximum Gasteiger partial charge on any atom is 0.303 e. The molecule has 0 unspecified atom stereocenters. The second-order valence-corrected chi connectivity index (χ2v) is 3.98. The van der Waals surface area contributed by atoms with Crippen molar-refractivity contribution in [3.63, 3.8) is 0 Å². The standard InChI is InChI=1S/C13H14FNO2/c1-2-15-11(4-6-13(16)17)8-9-7-10(14)3-5-12(9)15/h3,5,7-8H,2,4,6H2,1H3,(H,16,17). The summed E-state index contributed by atoms with van der Waals surface area (Å²) in [6.45, 7) is 2.75. The lowest BCUT2D eigenvalue weighted by Crippen LogP contribution is -2.04. The molecule has 1 aromatic heterocycles. The molecule has 17 heavy (non-hydrogen) atoms. The zero-order chi connectivity index (χ0) is 12.4. The maximum atomic E-state index is 13.1. The van der Waals surface area contributed by atoms with E-state index in [1.165, 1.54) is 12.1 Å². The van der Waals surface area contributed by atoms with Crippen molar-refractivity contribution in [2.45, 2.75) is 26.3 Å². The summed E-state index contributed by atoms with van der Waals surface area (Å²) >= 11 is 0. The van der Waals surface area contributed by atoms with Crippen LogP contribution >= 0.6 is 0 Å². The Kier molecular flexibility index (Phi) is 3.13. The van der Waals surface area contributed by atoms with Crippen LogP contribution in [0.4, 0.5) is 4.39 Å². The fraction of sp³-hybridized carbons (Fsp3) is 0.308. The van der Waals surface area contributed by atoms with Crippen LogP contribution in [0.1, 0.15) is 19.0 Å².